The number of carbonyl (C=O) groups excluding carboxylic acids is 16. The van der Waals surface area contributed by atoms with Crippen molar-refractivity contribution in [1.29, 1.82) is 0 Å². The maximum Gasteiger partial charge on any atom is 0.326 e. The van der Waals surface area contributed by atoms with Crippen molar-refractivity contribution in [3.8, 4) is 5.75 Å². The van der Waals surface area contributed by atoms with Crippen molar-refractivity contribution in [3.63, 3.8) is 0 Å². The molecule has 0 aliphatic carbocycles. The quantitative estimate of drug-likeness (QED) is 0.0274. The van der Waals surface area contributed by atoms with Gasteiger partial charge in [-0.3, -0.25) is 76.7 Å². The number of aliphatic carboxylic acids is 1. The Balaban J connectivity index is 1.81. The molecular formula is C74H116N18O23S. The van der Waals surface area contributed by atoms with E-state index in [1.165, 1.54) is 30.8 Å². The van der Waals surface area contributed by atoms with Gasteiger partial charge < -0.3 is 128 Å². The molecule has 1 aliphatic heterocycles. The first-order valence-electron chi connectivity index (χ1n) is 38.0. The summed E-state index contributed by atoms with van der Waals surface area (Å²) in [6, 6.07) is -7.77. The zero-order valence-electron chi connectivity index (χ0n) is 66.3. The van der Waals surface area contributed by atoms with E-state index in [2.05, 4.69) is 69.1 Å². The predicted molar refractivity (Wildman–Crippen MR) is 419 cm³/mol. The van der Waals surface area contributed by atoms with Gasteiger partial charge >= 0.3 is 5.97 Å². The molecule has 41 nitrogen and oxygen atoms in total. The molecule has 0 unspecified atom stereocenters. The average molecular weight is 1660 g/mol. The van der Waals surface area contributed by atoms with Crippen molar-refractivity contribution in [2.45, 2.75) is 229 Å². The molecule has 1 fully saturated rings. The van der Waals surface area contributed by atoms with Crippen LogP contribution in [0.4, 0.5) is 0 Å². The number of phenolic OH excluding ortho intramolecular Hbond substituents is 1. The van der Waals surface area contributed by atoms with Crippen LogP contribution in [-0.2, 0) is 94.3 Å². The van der Waals surface area contributed by atoms with Crippen molar-refractivity contribution in [3.05, 3.63) is 65.7 Å². The number of nitrogens with zero attached hydrogens (tertiary/aromatic N) is 1. The second kappa shape index (κ2) is 50.6. The van der Waals surface area contributed by atoms with Crippen LogP contribution in [0.2, 0.25) is 0 Å². The molecule has 27 N–H and O–H groups in total. The molecular weight excluding hydrogens is 1540 g/mol. The van der Waals surface area contributed by atoms with E-state index in [1.54, 1.807) is 76.4 Å². The Morgan fingerprint density at radius 1 is 0.500 bits per heavy atom. The Morgan fingerprint density at radius 3 is 1.44 bits per heavy atom. The fraction of sp³-hybridized carbons (Fsp3) is 0.608. The number of thioether (sulfide) groups is 1. The van der Waals surface area contributed by atoms with E-state index in [9.17, 15) is 112 Å². The van der Waals surface area contributed by atoms with Crippen molar-refractivity contribution in [2.24, 2.45) is 34.8 Å². The number of nitrogens with two attached hydrogens (primary N) is 4. The van der Waals surface area contributed by atoms with Gasteiger partial charge in [0.05, 0.1) is 38.0 Å². The fourth-order valence-corrected chi connectivity index (χ4v) is 12.4. The molecule has 1 aliphatic rings. The third-order valence-electron chi connectivity index (χ3n) is 18.4. The number of aromatic hydroxyl groups is 1. The molecule has 1 saturated heterocycles. The number of rotatable bonds is 52. The molecule has 0 spiro atoms. The molecule has 0 bridgehead atoms. The van der Waals surface area contributed by atoms with Crippen LogP contribution in [-0.4, -0.2) is 278 Å². The first kappa shape index (κ1) is 99.5. The topological polar surface area (TPSA) is 675 Å². The van der Waals surface area contributed by atoms with Gasteiger partial charge in [-0.05, 0) is 139 Å². The normalized spacial score (nSPS) is 16.4. The van der Waals surface area contributed by atoms with Gasteiger partial charge in [0.25, 0.3) is 0 Å². The molecule has 0 radical (unpaired) electrons. The molecule has 646 valence electrons. The number of carboxylic acid groups (broad SMARTS) is 1. The molecule has 1 heterocycles. The second-order valence-electron chi connectivity index (χ2n) is 28.9. The van der Waals surface area contributed by atoms with Crippen molar-refractivity contribution >= 4 is 112 Å². The Labute approximate surface area is 675 Å². The number of aliphatic hydroxyl groups excluding tert-OH is 4. The van der Waals surface area contributed by atoms with E-state index in [4.69, 9.17) is 22.9 Å². The van der Waals surface area contributed by atoms with E-state index in [1.807, 2.05) is 0 Å². The molecule has 3 rings (SSSR count). The van der Waals surface area contributed by atoms with E-state index in [-0.39, 0.29) is 88.3 Å². The van der Waals surface area contributed by atoms with Gasteiger partial charge in [-0.25, -0.2) is 4.79 Å². The van der Waals surface area contributed by atoms with E-state index >= 15 is 0 Å². The lowest BCUT2D eigenvalue weighted by Gasteiger charge is -2.32. The van der Waals surface area contributed by atoms with Gasteiger partial charge in [0, 0.05) is 25.8 Å². The van der Waals surface area contributed by atoms with Crippen LogP contribution in [0.5, 0.6) is 5.75 Å². The highest BCUT2D eigenvalue weighted by Gasteiger charge is 2.43. The summed E-state index contributed by atoms with van der Waals surface area (Å²) in [4.78, 5) is 232. The third-order valence-corrected chi connectivity index (χ3v) is 19.1. The number of nitrogens with one attached hydrogen (secondary N) is 13. The maximum absolute atomic E-state index is 14.3. The number of primary amides is 2. The number of carboxylic acids is 1. The Morgan fingerprint density at radius 2 is 0.957 bits per heavy atom. The van der Waals surface area contributed by atoms with Crippen LogP contribution in [0.25, 0.3) is 0 Å². The molecule has 116 heavy (non-hydrogen) atoms. The lowest BCUT2D eigenvalue weighted by atomic mass is 10.00. The van der Waals surface area contributed by atoms with Crippen molar-refractivity contribution < 1.29 is 112 Å². The van der Waals surface area contributed by atoms with Gasteiger partial charge in [0.15, 0.2) is 0 Å². The van der Waals surface area contributed by atoms with Gasteiger partial charge in [0.1, 0.15) is 84.3 Å². The van der Waals surface area contributed by atoms with Crippen molar-refractivity contribution in [1.82, 2.24) is 74.0 Å². The average Bonchev–Trinajstić information content (AvgIpc) is 1.68. The highest BCUT2D eigenvalue weighted by atomic mass is 32.2. The number of hydrogen-bond acceptors (Lipinski definition) is 25. The van der Waals surface area contributed by atoms with Crippen LogP contribution in [0.1, 0.15) is 130 Å². The van der Waals surface area contributed by atoms with Gasteiger partial charge in [-0.1, -0.05) is 70.2 Å². The van der Waals surface area contributed by atoms with Gasteiger partial charge in [-0.2, -0.15) is 11.8 Å². The second-order valence-corrected chi connectivity index (χ2v) is 29.9. The summed E-state index contributed by atoms with van der Waals surface area (Å²) in [7, 11) is 0. The molecule has 0 saturated carbocycles. The number of phenols is 1. The predicted octanol–water partition coefficient (Wildman–Crippen LogP) is -7.60. The molecule has 0 aromatic heterocycles. The SMILES string of the molecule is CSCC[C@H](NC(=O)[C@H](Cc1ccccc1)NC(=O)CNC(=O)[C@@H](C)NC(=O)[C@@H](N)Cc1ccc(O)cc1)C(=O)N[C@H](C(=O)N[C@@H](CO)C(=O)N[C@@H](CCC(N)=O)C(=O)N[C@@H](CCCCN)C(=O)N[C@@H](CO)C(=O)N[C@@H](CCC(N)=O)C(=O)N[C@H](C(=O)N1CCC[C@H]1C(=O)N[C@@H](CC(C)C)C(=O)N[C@H](C(=O)O)C(C)C)[C@@H](C)O)[C@@H](C)O. The summed E-state index contributed by atoms with van der Waals surface area (Å²) >= 11 is 1.25. The summed E-state index contributed by atoms with van der Waals surface area (Å²) in [5, 5.41) is 93.3. The van der Waals surface area contributed by atoms with Crippen molar-refractivity contribution in [2.75, 3.05) is 44.9 Å². The monoisotopic (exact) mass is 1660 g/mol. The fourth-order valence-electron chi connectivity index (χ4n) is 11.9. The van der Waals surface area contributed by atoms with E-state index < -0.39 is 249 Å². The molecule has 42 heteroatoms. The minimum Gasteiger partial charge on any atom is -0.508 e. The van der Waals surface area contributed by atoms with E-state index in [0.717, 1.165) is 18.7 Å². The first-order chi connectivity index (χ1) is 54.7. The lowest BCUT2D eigenvalue weighted by Crippen LogP contribution is -2.63. The molecule has 2 aromatic rings. The summed E-state index contributed by atoms with van der Waals surface area (Å²) in [6.07, 6.45) is -3.91. The number of likely N-dealkylation sites (tertiary alicyclic amines) is 1. The summed E-state index contributed by atoms with van der Waals surface area (Å²) in [6.45, 7) is 7.11. The Kier molecular flexibility index (Phi) is 43.4. The molecule has 2 aromatic carbocycles. The highest BCUT2D eigenvalue weighted by Crippen LogP contribution is 2.22. The number of amides is 16. The number of benzene rings is 2. The Hall–Kier alpha value is -10.7. The minimum absolute atomic E-state index is 0.00878. The number of hydrogen-bond donors (Lipinski definition) is 23. The first-order valence-corrected chi connectivity index (χ1v) is 39.4. The van der Waals surface area contributed by atoms with Crippen LogP contribution in [0.3, 0.4) is 0 Å². The zero-order valence-corrected chi connectivity index (χ0v) is 67.1. The third kappa shape index (κ3) is 34.4. The van der Waals surface area contributed by atoms with Gasteiger partial charge in [-0.15, -0.1) is 0 Å². The molecule has 16 amide bonds. The van der Waals surface area contributed by atoms with Crippen LogP contribution < -0.4 is 92.1 Å². The maximum atomic E-state index is 14.3. The van der Waals surface area contributed by atoms with Crippen LogP contribution in [0, 0.1) is 11.8 Å². The lowest BCUT2D eigenvalue weighted by molar-refractivity contribution is -0.145. The minimum atomic E-state index is -2.01. The summed E-state index contributed by atoms with van der Waals surface area (Å²) in [5.74, 6) is -18.2. The van der Waals surface area contributed by atoms with Crippen LogP contribution in [0.15, 0.2) is 54.6 Å². The number of unbranched alkanes of at least 4 members (excludes halogenated alkanes) is 1. The number of aliphatic hydroxyl groups is 4. The largest absolute Gasteiger partial charge is 0.508 e. The highest BCUT2D eigenvalue weighted by molar-refractivity contribution is 7.98. The standard InChI is InChI=1S/C74H116N18O23S/c1-37(2)31-50(68(108)89-58(38(3)4)74(114)115)86-71(111)54-18-14-29-92(54)73(113)60(41(7)96)91-65(105)48(24-26-56(78)99)84-69(109)52(35-93)87-63(103)46(17-12-13-28-75)82-64(104)47(23-25-55(77)98)83-70(110)53(36-94)88-72(112)59(40(6)95)90-66(106)49(27-30-116-8)85-67(107)51(33-42-15-10-9-11-16-42)81-57(100)34-79-61(101)39(5)80-62(102)45(76)32-43-19-21-44(97)22-20-43/h9-11,15-16,19-22,37-41,45-54,58-60,93-97H,12-14,17-18,23-36,75-76H2,1-8H3,(H2,77,98)(H2,78,99)(H,79,101)(H,80,102)(H,81,100)(H,82,104)(H,83,110)(H,84,109)(H,85,107)(H,86,111)(H,87,103)(H,88,112)(H,89,108)(H,90,106)(H,91,105)(H,114,115)/t39-,40-,41-,45+,46+,47+,48+,49+,50+,51+,52+,53+,54+,58+,59+,60+/m1/s1. The Bertz CT molecular complexity index is 3670. The summed E-state index contributed by atoms with van der Waals surface area (Å²) in [5.41, 5.74) is 23.8. The number of carbonyl (C=O) groups is 17. The van der Waals surface area contributed by atoms with Gasteiger partial charge in [0.2, 0.25) is 94.5 Å². The zero-order chi connectivity index (χ0) is 87.2. The van der Waals surface area contributed by atoms with Crippen LogP contribution >= 0.6 is 11.8 Å². The summed E-state index contributed by atoms with van der Waals surface area (Å²) < 4.78 is 0. The molecule has 16 atom stereocenters. The van der Waals surface area contributed by atoms with E-state index in [0.29, 0.717) is 11.1 Å². The smallest absolute Gasteiger partial charge is 0.326 e.